The maximum atomic E-state index is 14.0. The van der Waals surface area contributed by atoms with Crippen LogP contribution in [0.3, 0.4) is 0 Å². The fourth-order valence-electron chi connectivity index (χ4n) is 5.67. The van der Waals surface area contributed by atoms with E-state index in [2.05, 4.69) is 28.4 Å². The van der Waals surface area contributed by atoms with Gasteiger partial charge in [0.2, 0.25) is 18.0 Å². The third kappa shape index (κ3) is 4.20. The first-order valence-corrected chi connectivity index (χ1v) is 14.1. The number of carbonyl (C=O) groups excluding carboxylic acids is 2. The molecule has 11 heteroatoms. The predicted octanol–water partition coefficient (Wildman–Crippen LogP) is 3.72. The van der Waals surface area contributed by atoms with Crippen LogP contribution in [0.2, 0.25) is 0 Å². The van der Waals surface area contributed by atoms with E-state index in [9.17, 15) is 14.4 Å². The van der Waals surface area contributed by atoms with E-state index in [1.54, 1.807) is 21.3 Å². The molecule has 3 aliphatic heterocycles. The van der Waals surface area contributed by atoms with Gasteiger partial charge in [0, 0.05) is 22.3 Å². The van der Waals surface area contributed by atoms with Crippen molar-refractivity contribution in [2.24, 2.45) is 0 Å². The number of nitrogens with zero attached hydrogens (tertiary/aromatic N) is 2. The van der Waals surface area contributed by atoms with Gasteiger partial charge >= 0.3 is 6.16 Å². The fraction of sp³-hybridized carbons (Fsp3) is 0.345. The molecular formula is C29H27N3O7S. The van der Waals surface area contributed by atoms with Gasteiger partial charge in [-0.1, -0.05) is 36.4 Å². The summed E-state index contributed by atoms with van der Waals surface area (Å²) in [5.41, 5.74) is 7.58. The highest BCUT2D eigenvalue weighted by molar-refractivity contribution is 7.98. The predicted molar refractivity (Wildman–Crippen MR) is 146 cm³/mol. The molecule has 3 aromatic rings. The number of hydrogen-bond acceptors (Lipinski definition) is 9. The number of ether oxygens (including phenoxy) is 4. The number of hydrogen-bond donors (Lipinski definition) is 1. The van der Waals surface area contributed by atoms with E-state index in [0.29, 0.717) is 25.3 Å². The van der Waals surface area contributed by atoms with Gasteiger partial charge in [-0.15, -0.1) is 11.8 Å². The van der Waals surface area contributed by atoms with Crippen molar-refractivity contribution in [1.82, 2.24) is 9.58 Å². The molecule has 0 bridgehead atoms. The summed E-state index contributed by atoms with van der Waals surface area (Å²) in [6.07, 6.45) is 1.11. The highest BCUT2D eigenvalue weighted by Crippen LogP contribution is 2.45. The van der Waals surface area contributed by atoms with Crippen molar-refractivity contribution in [3.63, 3.8) is 0 Å². The second-order valence-electron chi connectivity index (χ2n) is 10.4. The largest absolute Gasteiger partial charge is 0.510 e. The second-order valence-corrected chi connectivity index (χ2v) is 11.4. The standard InChI is InChI=1S/C29H27N3O7S/c1-36-28(35)38-16-37-26-22(33)12-21(32-25(26)27(34)31-15-29(9-10-29)39-13-24(31)30-32)19-7-4-6-18-14-40-23-8-3-2-5-17(23)11-20(18)19/h2-8,12,24,30H,9-11,13-16H2,1H3/t24-/m0/s1. The van der Waals surface area contributed by atoms with Gasteiger partial charge in [0.15, 0.2) is 5.69 Å². The number of methoxy groups -OCH3 is 1. The van der Waals surface area contributed by atoms with Crippen molar-refractivity contribution < 1.29 is 28.5 Å². The molecule has 4 heterocycles. The van der Waals surface area contributed by atoms with E-state index in [-0.39, 0.29) is 23.0 Å². The highest BCUT2D eigenvalue weighted by atomic mass is 32.2. The molecule has 1 saturated carbocycles. The van der Waals surface area contributed by atoms with E-state index >= 15 is 0 Å². The SMILES string of the molecule is COC(=O)OCOc1c2n(c(-c3cccc4c3Cc3ccccc3SC4)cc1=O)N[C@@H]1COC3(CC3)CN1C2=O. The van der Waals surface area contributed by atoms with Gasteiger partial charge in [-0.25, -0.2) is 9.47 Å². The van der Waals surface area contributed by atoms with Gasteiger partial charge < -0.3 is 29.3 Å². The van der Waals surface area contributed by atoms with Crippen LogP contribution in [0.1, 0.15) is 40.0 Å². The zero-order chi connectivity index (χ0) is 27.4. The zero-order valence-corrected chi connectivity index (χ0v) is 22.6. The lowest BCUT2D eigenvalue weighted by Gasteiger charge is -2.45. The first kappa shape index (κ1) is 25.0. The highest BCUT2D eigenvalue weighted by Gasteiger charge is 2.53. The van der Waals surface area contributed by atoms with Crippen LogP contribution in [0.25, 0.3) is 11.3 Å². The van der Waals surface area contributed by atoms with Crippen LogP contribution in [-0.2, 0) is 26.4 Å². The molecule has 40 heavy (non-hydrogen) atoms. The molecule has 206 valence electrons. The summed E-state index contributed by atoms with van der Waals surface area (Å²) in [5, 5.41) is 0. The summed E-state index contributed by atoms with van der Waals surface area (Å²) in [4.78, 5) is 42.0. The molecule has 1 saturated heterocycles. The van der Waals surface area contributed by atoms with Crippen LogP contribution < -0.4 is 15.6 Å². The van der Waals surface area contributed by atoms with Gasteiger partial charge in [-0.3, -0.25) is 9.59 Å². The molecule has 0 unspecified atom stereocenters. The van der Waals surface area contributed by atoms with Crippen LogP contribution in [0, 0.1) is 0 Å². The van der Waals surface area contributed by atoms with Gasteiger partial charge in [0.05, 0.1) is 31.6 Å². The number of morpholine rings is 1. The number of aromatic nitrogens is 1. The molecule has 0 radical (unpaired) electrons. The number of amides is 1. The van der Waals surface area contributed by atoms with Crippen molar-refractivity contribution >= 4 is 23.8 Å². The topological polar surface area (TPSA) is 108 Å². The fourth-order valence-corrected chi connectivity index (χ4v) is 6.75. The minimum absolute atomic E-state index is 0.0610. The van der Waals surface area contributed by atoms with E-state index in [0.717, 1.165) is 29.7 Å². The molecule has 4 aliphatic rings. The first-order chi connectivity index (χ1) is 19.5. The third-order valence-corrected chi connectivity index (χ3v) is 9.09. The molecular weight excluding hydrogens is 534 g/mol. The molecule has 7 rings (SSSR count). The lowest BCUT2D eigenvalue weighted by atomic mass is 9.93. The summed E-state index contributed by atoms with van der Waals surface area (Å²) < 4.78 is 22.7. The number of carbonyl (C=O) groups is 2. The van der Waals surface area contributed by atoms with Crippen molar-refractivity contribution in [1.29, 1.82) is 0 Å². The maximum Gasteiger partial charge on any atom is 0.510 e. The Bertz CT molecular complexity index is 1600. The van der Waals surface area contributed by atoms with Crippen LogP contribution in [0.15, 0.2) is 58.2 Å². The molecule has 1 aliphatic carbocycles. The Morgan fingerprint density at radius 2 is 1.98 bits per heavy atom. The van der Waals surface area contributed by atoms with Gasteiger partial charge in [0.1, 0.15) is 6.17 Å². The number of benzene rings is 2. The van der Waals surface area contributed by atoms with Crippen LogP contribution >= 0.6 is 11.8 Å². The van der Waals surface area contributed by atoms with E-state index in [1.165, 1.54) is 29.2 Å². The molecule has 1 amide bonds. The third-order valence-electron chi connectivity index (χ3n) is 7.92. The van der Waals surface area contributed by atoms with Crippen LogP contribution in [0.5, 0.6) is 5.75 Å². The minimum Gasteiger partial charge on any atom is -0.451 e. The average Bonchev–Trinajstić information content (AvgIpc) is 3.75. The van der Waals surface area contributed by atoms with Crippen LogP contribution in [0.4, 0.5) is 4.79 Å². The average molecular weight is 562 g/mol. The van der Waals surface area contributed by atoms with E-state index in [4.69, 9.17) is 14.2 Å². The van der Waals surface area contributed by atoms with Crippen LogP contribution in [-0.4, -0.2) is 60.5 Å². The Morgan fingerprint density at radius 1 is 1.15 bits per heavy atom. The molecule has 1 atom stereocenters. The van der Waals surface area contributed by atoms with Crippen molar-refractivity contribution in [2.45, 2.75) is 41.7 Å². The molecule has 2 fully saturated rings. The maximum absolute atomic E-state index is 14.0. The van der Waals surface area contributed by atoms with Gasteiger partial charge in [-0.05, 0) is 42.0 Å². The summed E-state index contributed by atoms with van der Waals surface area (Å²) >= 11 is 1.79. The molecule has 1 aromatic heterocycles. The number of pyridine rings is 1. The smallest absolute Gasteiger partial charge is 0.451 e. The monoisotopic (exact) mass is 561 g/mol. The first-order valence-electron chi connectivity index (χ1n) is 13.1. The Morgan fingerprint density at radius 3 is 2.80 bits per heavy atom. The summed E-state index contributed by atoms with van der Waals surface area (Å²) in [7, 11) is 1.17. The molecule has 10 nitrogen and oxygen atoms in total. The Labute approximate surface area is 234 Å². The Hall–Kier alpha value is -3.96. The summed E-state index contributed by atoms with van der Waals surface area (Å²) in [6, 6.07) is 15.9. The van der Waals surface area contributed by atoms with E-state index < -0.39 is 24.5 Å². The normalized spacial score (nSPS) is 19.8. The number of nitrogens with one attached hydrogen (secondary N) is 1. The lowest BCUT2D eigenvalue weighted by molar-refractivity contribution is -0.0665. The molecule has 1 spiro atoms. The summed E-state index contributed by atoms with van der Waals surface area (Å²) in [5.74, 6) is 0.262. The van der Waals surface area contributed by atoms with Crippen molar-refractivity contribution in [3.05, 3.63) is 81.1 Å². The Kier molecular flexibility index (Phi) is 6.01. The van der Waals surface area contributed by atoms with Gasteiger partial charge in [0.25, 0.3) is 5.91 Å². The number of thioether (sulfide) groups is 1. The quantitative estimate of drug-likeness (QED) is 0.377. The minimum atomic E-state index is -0.955. The molecule has 1 N–H and O–H groups in total. The van der Waals surface area contributed by atoms with Crippen molar-refractivity contribution in [2.75, 3.05) is 32.5 Å². The van der Waals surface area contributed by atoms with Gasteiger partial charge in [-0.2, -0.15) is 0 Å². The second kappa shape index (κ2) is 9.60. The van der Waals surface area contributed by atoms with Crippen molar-refractivity contribution in [3.8, 4) is 17.0 Å². The lowest BCUT2D eigenvalue weighted by Crippen LogP contribution is -2.62. The number of rotatable bonds is 4. The number of fused-ring (bicyclic) bond motifs is 4. The Balaban J connectivity index is 1.36. The molecule has 2 aromatic carbocycles. The zero-order valence-electron chi connectivity index (χ0n) is 21.8. The van der Waals surface area contributed by atoms with E-state index in [1.807, 2.05) is 24.3 Å². The summed E-state index contributed by atoms with van der Waals surface area (Å²) in [6.45, 7) is 0.177.